The van der Waals surface area contributed by atoms with Crippen LogP contribution in [0.3, 0.4) is 0 Å². The van der Waals surface area contributed by atoms with Crippen molar-refractivity contribution in [2.24, 2.45) is 0 Å². The molecule has 110 valence electrons. The summed E-state index contributed by atoms with van der Waals surface area (Å²) in [4.78, 5) is 11.7. The van der Waals surface area contributed by atoms with Crippen molar-refractivity contribution in [1.82, 2.24) is 0 Å². The number of carboxylic acids is 1. The minimum atomic E-state index is -3.40. The lowest BCUT2D eigenvalue weighted by Gasteiger charge is -2.33. The van der Waals surface area contributed by atoms with E-state index in [1.807, 2.05) is 0 Å². The number of carboxylic acid groups (broad SMARTS) is 1. The lowest BCUT2D eigenvalue weighted by atomic mass is 9.69. The fourth-order valence-electron chi connectivity index (χ4n) is 2.88. The minimum Gasteiger partial charge on any atom is -0.481 e. The Morgan fingerprint density at radius 1 is 1.25 bits per heavy atom. The third-order valence-electron chi connectivity index (χ3n) is 4.00. The van der Waals surface area contributed by atoms with Gasteiger partial charge in [-0.2, -0.15) is 0 Å². The number of rotatable bonds is 3. The van der Waals surface area contributed by atoms with Crippen LogP contribution in [0.25, 0.3) is 0 Å². The lowest BCUT2D eigenvalue weighted by Crippen LogP contribution is -2.37. The smallest absolute Gasteiger partial charge is 0.314 e. The van der Waals surface area contributed by atoms with Crippen LogP contribution >= 0.6 is 11.6 Å². The topological polar surface area (TPSA) is 71.4 Å². The quantitative estimate of drug-likeness (QED) is 0.930. The van der Waals surface area contributed by atoms with Crippen LogP contribution in [0.5, 0.6) is 0 Å². The summed E-state index contributed by atoms with van der Waals surface area (Å²) in [7, 11) is -3.40. The molecule has 0 heterocycles. The highest BCUT2D eigenvalue weighted by atomic mass is 35.5. The number of hydrogen-bond donors (Lipinski definition) is 1. The summed E-state index contributed by atoms with van der Waals surface area (Å²) in [5.74, 6) is -0.861. The number of halogens is 1. The van der Waals surface area contributed by atoms with Crippen LogP contribution in [-0.2, 0) is 20.0 Å². The number of carbonyl (C=O) groups is 1. The van der Waals surface area contributed by atoms with E-state index in [2.05, 4.69) is 0 Å². The van der Waals surface area contributed by atoms with Gasteiger partial charge in [0, 0.05) is 6.26 Å². The molecule has 2 rings (SSSR count). The molecule has 0 amide bonds. The van der Waals surface area contributed by atoms with Crippen LogP contribution in [0.1, 0.15) is 37.7 Å². The maximum absolute atomic E-state index is 11.7. The van der Waals surface area contributed by atoms with Crippen LogP contribution in [-0.4, -0.2) is 25.7 Å². The van der Waals surface area contributed by atoms with Crippen molar-refractivity contribution >= 4 is 27.4 Å². The molecule has 0 bridgehead atoms. The van der Waals surface area contributed by atoms with Gasteiger partial charge in [-0.1, -0.05) is 36.9 Å². The zero-order chi connectivity index (χ0) is 15.0. The van der Waals surface area contributed by atoms with Crippen LogP contribution in [0.15, 0.2) is 23.1 Å². The molecule has 1 aromatic rings. The van der Waals surface area contributed by atoms with Gasteiger partial charge in [0.2, 0.25) is 0 Å². The van der Waals surface area contributed by atoms with E-state index in [1.54, 1.807) is 6.07 Å². The van der Waals surface area contributed by atoms with E-state index in [1.165, 1.54) is 12.1 Å². The Kier molecular flexibility index (Phi) is 4.12. The van der Waals surface area contributed by atoms with Gasteiger partial charge in [-0.25, -0.2) is 8.42 Å². The molecule has 0 aliphatic heterocycles. The molecule has 0 aromatic heterocycles. The average Bonchev–Trinajstić information content (AvgIpc) is 2.37. The summed E-state index contributed by atoms with van der Waals surface area (Å²) in [6, 6.07) is 4.49. The van der Waals surface area contributed by atoms with Crippen molar-refractivity contribution in [2.75, 3.05) is 6.26 Å². The van der Waals surface area contributed by atoms with Crippen molar-refractivity contribution in [3.63, 3.8) is 0 Å². The molecule has 0 radical (unpaired) electrons. The number of benzene rings is 1. The molecule has 20 heavy (non-hydrogen) atoms. The number of aliphatic carboxylic acids is 1. The molecular weight excluding hydrogens is 300 g/mol. The first kappa shape index (κ1) is 15.3. The summed E-state index contributed by atoms with van der Waals surface area (Å²) in [6.07, 6.45) is 4.97. The van der Waals surface area contributed by atoms with Gasteiger partial charge in [-0.3, -0.25) is 4.79 Å². The van der Waals surface area contributed by atoms with Crippen LogP contribution in [0.2, 0.25) is 5.02 Å². The largest absolute Gasteiger partial charge is 0.481 e. The Labute approximate surface area is 123 Å². The van der Waals surface area contributed by atoms with E-state index in [0.717, 1.165) is 25.5 Å². The van der Waals surface area contributed by atoms with Crippen molar-refractivity contribution in [3.8, 4) is 0 Å². The first-order valence-electron chi connectivity index (χ1n) is 6.51. The first-order valence-corrected chi connectivity index (χ1v) is 8.78. The maximum Gasteiger partial charge on any atom is 0.314 e. The summed E-state index contributed by atoms with van der Waals surface area (Å²) < 4.78 is 23.1. The summed E-state index contributed by atoms with van der Waals surface area (Å²) in [5.41, 5.74) is -0.333. The van der Waals surface area contributed by atoms with Crippen molar-refractivity contribution in [2.45, 2.75) is 42.4 Å². The van der Waals surface area contributed by atoms with E-state index in [-0.39, 0.29) is 9.92 Å². The molecule has 1 aromatic carbocycles. The van der Waals surface area contributed by atoms with Gasteiger partial charge in [0.25, 0.3) is 0 Å². The zero-order valence-corrected chi connectivity index (χ0v) is 12.8. The van der Waals surface area contributed by atoms with Gasteiger partial charge >= 0.3 is 5.97 Å². The molecule has 1 fully saturated rings. The normalized spacial score (nSPS) is 18.7. The van der Waals surface area contributed by atoms with E-state index in [9.17, 15) is 18.3 Å². The fourth-order valence-corrected chi connectivity index (χ4v) is 4.21. The predicted molar refractivity (Wildman–Crippen MR) is 77.0 cm³/mol. The van der Waals surface area contributed by atoms with E-state index in [4.69, 9.17) is 11.6 Å². The van der Waals surface area contributed by atoms with Crippen molar-refractivity contribution in [1.29, 1.82) is 0 Å². The van der Waals surface area contributed by atoms with Gasteiger partial charge in [0.1, 0.15) is 0 Å². The average molecular weight is 317 g/mol. The van der Waals surface area contributed by atoms with Crippen molar-refractivity contribution in [3.05, 3.63) is 28.8 Å². The second-order valence-electron chi connectivity index (χ2n) is 5.37. The summed E-state index contributed by atoms with van der Waals surface area (Å²) in [6.45, 7) is 0. The Balaban J connectivity index is 2.51. The highest BCUT2D eigenvalue weighted by molar-refractivity contribution is 7.90. The molecule has 4 nitrogen and oxygen atoms in total. The lowest BCUT2D eigenvalue weighted by molar-refractivity contribution is -0.145. The van der Waals surface area contributed by atoms with Crippen LogP contribution in [0.4, 0.5) is 0 Å². The monoisotopic (exact) mass is 316 g/mol. The Hall–Kier alpha value is -1.07. The second kappa shape index (κ2) is 5.37. The van der Waals surface area contributed by atoms with Crippen LogP contribution < -0.4 is 0 Å². The van der Waals surface area contributed by atoms with Gasteiger partial charge in [0.05, 0.1) is 15.3 Å². The Morgan fingerprint density at radius 3 is 2.30 bits per heavy atom. The molecule has 0 atom stereocenters. The molecule has 0 saturated heterocycles. The predicted octanol–water partition coefficient (Wildman–Crippen LogP) is 3.03. The first-order chi connectivity index (χ1) is 9.27. The van der Waals surface area contributed by atoms with Gasteiger partial charge in [-0.15, -0.1) is 0 Å². The minimum absolute atomic E-state index is 0.0410. The van der Waals surface area contributed by atoms with Crippen LogP contribution in [0, 0.1) is 0 Å². The highest BCUT2D eigenvalue weighted by Gasteiger charge is 2.41. The molecule has 1 aliphatic carbocycles. The fraction of sp³-hybridized carbons (Fsp3) is 0.500. The van der Waals surface area contributed by atoms with E-state index >= 15 is 0 Å². The molecule has 6 heteroatoms. The Bertz CT molecular complexity index is 631. The molecule has 1 aliphatic rings. The van der Waals surface area contributed by atoms with Gasteiger partial charge in [-0.05, 0) is 30.5 Å². The zero-order valence-electron chi connectivity index (χ0n) is 11.2. The third-order valence-corrected chi connectivity index (χ3v) is 5.58. The molecular formula is C14H17ClO4S. The van der Waals surface area contributed by atoms with Gasteiger partial charge < -0.3 is 5.11 Å². The highest BCUT2D eigenvalue weighted by Crippen LogP contribution is 2.41. The van der Waals surface area contributed by atoms with E-state index < -0.39 is 21.2 Å². The number of hydrogen-bond acceptors (Lipinski definition) is 3. The molecule has 0 spiro atoms. The maximum atomic E-state index is 11.7. The Morgan fingerprint density at radius 2 is 1.85 bits per heavy atom. The number of sulfone groups is 1. The second-order valence-corrected chi connectivity index (χ2v) is 7.76. The van der Waals surface area contributed by atoms with E-state index in [0.29, 0.717) is 18.4 Å². The standard InChI is InChI=1S/C14H17ClO4S/c1-20(18,19)12-6-5-10(9-11(12)15)14(13(16)17)7-3-2-4-8-14/h5-6,9H,2-4,7-8H2,1H3,(H,16,17). The molecule has 0 unspecified atom stereocenters. The summed E-state index contributed by atoms with van der Waals surface area (Å²) in [5, 5.41) is 9.69. The van der Waals surface area contributed by atoms with Gasteiger partial charge in [0.15, 0.2) is 9.84 Å². The molecule has 1 N–H and O–H groups in total. The third kappa shape index (κ3) is 2.69. The summed E-state index contributed by atoms with van der Waals surface area (Å²) >= 11 is 6.03. The molecule has 1 saturated carbocycles. The SMILES string of the molecule is CS(=O)(=O)c1ccc(C2(C(=O)O)CCCCC2)cc1Cl. The van der Waals surface area contributed by atoms with Crippen molar-refractivity contribution < 1.29 is 18.3 Å².